The molecule has 0 spiro atoms. The first-order valence-electron chi connectivity index (χ1n) is 6.28. The first kappa shape index (κ1) is 16.2. The summed E-state index contributed by atoms with van der Waals surface area (Å²) in [5, 5.41) is 0. The molecular weight excluding hydrogens is 216 g/mol. The number of carbonyl (C=O) groups is 1. The highest BCUT2D eigenvalue weighted by atomic mass is 16.6. The standard InChI is InChI=1S/C14H26O3/c1-7-13(15)16-10-14(5,6)17-12(4)9-8-11(2)3/h8-9,11-12H,7,10H2,1-6H3/b9-8+. The van der Waals surface area contributed by atoms with E-state index in [0.29, 0.717) is 18.9 Å². The molecule has 3 heteroatoms. The van der Waals surface area contributed by atoms with Crippen molar-refractivity contribution in [1.29, 1.82) is 0 Å². The van der Waals surface area contributed by atoms with E-state index in [2.05, 4.69) is 19.9 Å². The average molecular weight is 242 g/mol. The number of rotatable bonds is 7. The van der Waals surface area contributed by atoms with Gasteiger partial charge in [-0.3, -0.25) is 4.79 Å². The largest absolute Gasteiger partial charge is 0.463 e. The van der Waals surface area contributed by atoms with E-state index in [1.807, 2.05) is 26.8 Å². The Labute approximate surface area is 105 Å². The lowest BCUT2D eigenvalue weighted by molar-refractivity contribution is -0.154. The summed E-state index contributed by atoms with van der Waals surface area (Å²) >= 11 is 0. The Morgan fingerprint density at radius 3 is 2.29 bits per heavy atom. The summed E-state index contributed by atoms with van der Waals surface area (Å²) in [5.74, 6) is 0.328. The van der Waals surface area contributed by atoms with Gasteiger partial charge >= 0.3 is 5.97 Å². The molecular formula is C14H26O3. The lowest BCUT2D eigenvalue weighted by atomic mass is 10.1. The van der Waals surface area contributed by atoms with Gasteiger partial charge in [-0.25, -0.2) is 0 Å². The van der Waals surface area contributed by atoms with Gasteiger partial charge in [-0.1, -0.05) is 32.9 Å². The van der Waals surface area contributed by atoms with Gasteiger partial charge in [0.2, 0.25) is 0 Å². The molecule has 0 fully saturated rings. The fourth-order valence-electron chi connectivity index (χ4n) is 1.31. The van der Waals surface area contributed by atoms with Crippen LogP contribution in [-0.4, -0.2) is 24.3 Å². The van der Waals surface area contributed by atoms with Crippen LogP contribution in [-0.2, 0) is 14.3 Å². The van der Waals surface area contributed by atoms with Crippen LogP contribution in [0.4, 0.5) is 0 Å². The first-order chi connectivity index (χ1) is 7.76. The lowest BCUT2D eigenvalue weighted by Gasteiger charge is -2.27. The van der Waals surface area contributed by atoms with Crippen LogP contribution < -0.4 is 0 Å². The maximum Gasteiger partial charge on any atom is 0.305 e. The summed E-state index contributed by atoms with van der Waals surface area (Å²) in [6, 6.07) is 0. The molecule has 0 aliphatic heterocycles. The molecule has 1 unspecified atom stereocenters. The fraction of sp³-hybridized carbons (Fsp3) is 0.786. The van der Waals surface area contributed by atoms with E-state index in [1.54, 1.807) is 6.92 Å². The SMILES string of the molecule is CCC(=O)OCC(C)(C)OC(C)/C=C/C(C)C. The van der Waals surface area contributed by atoms with Gasteiger partial charge in [-0.05, 0) is 26.7 Å². The van der Waals surface area contributed by atoms with Crippen LogP contribution in [0.25, 0.3) is 0 Å². The minimum atomic E-state index is -0.453. The monoisotopic (exact) mass is 242 g/mol. The second-order valence-corrected chi connectivity index (χ2v) is 5.23. The van der Waals surface area contributed by atoms with E-state index in [9.17, 15) is 4.79 Å². The molecule has 0 aromatic heterocycles. The highest BCUT2D eigenvalue weighted by Crippen LogP contribution is 2.14. The molecule has 0 bridgehead atoms. The molecule has 100 valence electrons. The van der Waals surface area contributed by atoms with Crippen molar-refractivity contribution in [2.75, 3.05) is 6.61 Å². The van der Waals surface area contributed by atoms with Crippen LogP contribution in [0.5, 0.6) is 0 Å². The van der Waals surface area contributed by atoms with Crippen molar-refractivity contribution in [3.8, 4) is 0 Å². The van der Waals surface area contributed by atoms with E-state index in [-0.39, 0.29) is 12.1 Å². The molecule has 3 nitrogen and oxygen atoms in total. The van der Waals surface area contributed by atoms with Gasteiger partial charge in [0.25, 0.3) is 0 Å². The van der Waals surface area contributed by atoms with Crippen molar-refractivity contribution in [3.63, 3.8) is 0 Å². The van der Waals surface area contributed by atoms with Crippen LogP contribution >= 0.6 is 0 Å². The van der Waals surface area contributed by atoms with Crippen molar-refractivity contribution < 1.29 is 14.3 Å². The predicted octanol–water partition coefficient (Wildman–Crippen LogP) is 3.34. The lowest BCUT2D eigenvalue weighted by Crippen LogP contribution is -2.34. The highest BCUT2D eigenvalue weighted by molar-refractivity contribution is 5.68. The summed E-state index contributed by atoms with van der Waals surface area (Å²) in [7, 11) is 0. The second-order valence-electron chi connectivity index (χ2n) is 5.23. The van der Waals surface area contributed by atoms with Gasteiger partial charge in [0.1, 0.15) is 6.61 Å². The van der Waals surface area contributed by atoms with Gasteiger partial charge in [-0.15, -0.1) is 0 Å². The minimum Gasteiger partial charge on any atom is -0.463 e. The highest BCUT2D eigenvalue weighted by Gasteiger charge is 2.22. The summed E-state index contributed by atoms with van der Waals surface area (Å²) in [6.45, 7) is 12.2. The number of allylic oxidation sites excluding steroid dienone is 1. The topological polar surface area (TPSA) is 35.5 Å². The van der Waals surface area contributed by atoms with E-state index >= 15 is 0 Å². The zero-order valence-electron chi connectivity index (χ0n) is 11.9. The third kappa shape index (κ3) is 8.93. The molecule has 0 aromatic rings. The van der Waals surface area contributed by atoms with Crippen molar-refractivity contribution in [1.82, 2.24) is 0 Å². The van der Waals surface area contributed by atoms with E-state index < -0.39 is 5.60 Å². The Morgan fingerprint density at radius 2 is 1.82 bits per heavy atom. The van der Waals surface area contributed by atoms with E-state index in [0.717, 1.165) is 0 Å². The van der Waals surface area contributed by atoms with Crippen LogP contribution in [0.3, 0.4) is 0 Å². The first-order valence-corrected chi connectivity index (χ1v) is 6.28. The van der Waals surface area contributed by atoms with Crippen molar-refractivity contribution in [2.45, 2.75) is 59.7 Å². The predicted molar refractivity (Wildman–Crippen MR) is 69.9 cm³/mol. The third-order valence-corrected chi connectivity index (χ3v) is 2.14. The maximum atomic E-state index is 11.1. The number of carbonyl (C=O) groups excluding carboxylic acids is 1. The quantitative estimate of drug-likeness (QED) is 0.507. The van der Waals surface area contributed by atoms with Gasteiger partial charge in [-0.2, -0.15) is 0 Å². The molecule has 0 saturated heterocycles. The molecule has 0 aliphatic carbocycles. The van der Waals surface area contributed by atoms with Crippen LogP contribution in [0.1, 0.15) is 48.0 Å². The summed E-state index contributed by atoms with van der Waals surface area (Å²) in [6.07, 6.45) is 4.57. The fourth-order valence-corrected chi connectivity index (χ4v) is 1.31. The number of esters is 1. The average Bonchev–Trinajstić information content (AvgIpc) is 2.22. The summed E-state index contributed by atoms with van der Waals surface area (Å²) in [4.78, 5) is 11.1. The Bertz CT molecular complexity index is 254. The van der Waals surface area contributed by atoms with E-state index in [1.165, 1.54) is 0 Å². The molecule has 0 heterocycles. The molecule has 0 saturated carbocycles. The maximum absolute atomic E-state index is 11.1. The zero-order valence-corrected chi connectivity index (χ0v) is 11.9. The minimum absolute atomic E-state index is 0.0210. The summed E-state index contributed by atoms with van der Waals surface area (Å²) in [5.41, 5.74) is -0.453. The molecule has 0 amide bonds. The number of hydrogen-bond donors (Lipinski definition) is 0. The molecule has 0 rings (SSSR count). The molecule has 0 N–H and O–H groups in total. The molecule has 1 atom stereocenters. The van der Waals surface area contributed by atoms with Crippen LogP contribution in [0.15, 0.2) is 12.2 Å². The Kier molecular flexibility index (Phi) is 7.12. The Hall–Kier alpha value is -0.830. The van der Waals surface area contributed by atoms with Gasteiger partial charge in [0, 0.05) is 6.42 Å². The smallest absolute Gasteiger partial charge is 0.305 e. The van der Waals surface area contributed by atoms with Crippen LogP contribution in [0.2, 0.25) is 0 Å². The molecule has 0 aliphatic rings. The normalized spacial score (nSPS) is 14.3. The second kappa shape index (κ2) is 7.49. The number of ether oxygens (including phenoxy) is 2. The molecule has 17 heavy (non-hydrogen) atoms. The molecule has 0 aromatic carbocycles. The van der Waals surface area contributed by atoms with Crippen LogP contribution in [0, 0.1) is 5.92 Å². The molecule has 0 radical (unpaired) electrons. The Morgan fingerprint density at radius 1 is 1.24 bits per heavy atom. The van der Waals surface area contributed by atoms with Crippen molar-refractivity contribution >= 4 is 5.97 Å². The Balaban J connectivity index is 4.10. The van der Waals surface area contributed by atoms with Crippen molar-refractivity contribution in [2.24, 2.45) is 5.92 Å². The third-order valence-electron chi connectivity index (χ3n) is 2.14. The van der Waals surface area contributed by atoms with Crippen molar-refractivity contribution in [3.05, 3.63) is 12.2 Å². The zero-order chi connectivity index (χ0) is 13.5. The van der Waals surface area contributed by atoms with Gasteiger partial charge in [0.05, 0.1) is 11.7 Å². The summed E-state index contributed by atoms with van der Waals surface area (Å²) < 4.78 is 10.9. The van der Waals surface area contributed by atoms with Gasteiger partial charge in [0.15, 0.2) is 0 Å². The number of hydrogen-bond acceptors (Lipinski definition) is 3. The van der Waals surface area contributed by atoms with E-state index in [4.69, 9.17) is 9.47 Å². The van der Waals surface area contributed by atoms with Gasteiger partial charge < -0.3 is 9.47 Å².